The van der Waals surface area contributed by atoms with E-state index >= 15 is 0 Å². The van der Waals surface area contributed by atoms with E-state index in [0.717, 1.165) is 52.2 Å². The summed E-state index contributed by atoms with van der Waals surface area (Å²) in [6.45, 7) is 9.95. The van der Waals surface area contributed by atoms with Gasteiger partial charge in [0.1, 0.15) is 19.0 Å². The number of pyridine rings is 1. The summed E-state index contributed by atoms with van der Waals surface area (Å²) in [5.74, 6) is 0.329. The van der Waals surface area contributed by atoms with Crippen molar-refractivity contribution in [2.45, 2.75) is 58.3 Å². The molecule has 2 N–H and O–H groups in total. The van der Waals surface area contributed by atoms with Gasteiger partial charge in [0, 0.05) is 47.4 Å². The molecule has 9 heteroatoms. The van der Waals surface area contributed by atoms with Gasteiger partial charge in [-0.3, -0.25) is 4.98 Å². The summed E-state index contributed by atoms with van der Waals surface area (Å²) < 4.78 is 17.1. The number of nitrogens with zero attached hydrogens (tertiary/aromatic N) is 2. The van der Waals surface area contributed by atoms with Gasteiger partial charge in [-0.15, -0.1) is 0 Å². The van der Waals surface area contributed by atoms with Crippen LogP contribution in [0.15, 0.2) is 66.9 Å². The van der Waals surface area contributed by atoms with Crippen LogP contribution in [-0.2, 0) is 32.1 Å². The summed E-state index contributed by atoms with van der Waals surface area (Å²) in [5, 5.41) is 23.5. The van der Waals surface area contributed by atoms with Crippen LogP contribution in [0.3, 0.4) is 0 Å². The maximum absolute atomic E-state index is 12.2. The number of aliphatic hydroxyl groups is 2. The molecule has 2 atom stereocenters. The average molecular weight is 635 g/mol. The average Bonchev–Trinajstić information content (AvgIpc) is 3.15. The first kappa shape index (κ1) is 33.1. The van der Waals surface area contributed by atoms with Crippen LogP contribution in [0.1, 0.15) is 68.5 Å². The summed E-state index contributed by atoms with van der Waals surface area (Å²) >= 11 is 6.17. The standard InChI is InChI=1S/C36H43ClN2O6/c1-5-44-33(40)22-43-24-35(4)23-39(19-16-36(35,42)25-10-13-27(37)14-11-25)18-7-9-28-29-8-6-17-38-31(29)21-45-32-15-12-26(20-30(28)32)34(2,3)41/h6,8-15,17,20,41-42H,5,7,16,18-19,21-24H2,1-4H3/b28-9+. The zero-order valence-electron chi connectivity index (χ0n) is 26.5. The number of hydrogen-bond donors (Lipinski definition) is 2. The first-order chi connectivity index (χ1) is 21.4. The highest BCUT2D eigenvalue weighted by Crippen LogP contribution is 2.47. The molecule has 1 aromatic heterocycles. The van der Waals surface area contributed by atoms with Crippen molar-refractivity contribution in [3.05, 3.63) is 99.8 Å². The van der Waals surface area contributed by atoms with E-state index in [2.05, 4.69) is 22.0 Å². The predicted molar refractivity (Wildman–Crippen MR) is 174 cm³/mol. The van der Waals surface area contributed by atoms with Gasteiger partial charge in [0.05, 0.1) is 30.1 Å². The first-order valence-electron chi connectivity index (χ1n) is 15.5. The van der Waals surface area contributed by atoms with E-state index in [1.807, 2.05) is 43.3 Å². The maximum atomic E-state index is 12.2. The fourth-order valence-electron chi connectivity index (χ4n) is 6.41. The quantitative estimate of drug-likeness (QED) is 0.268. The molecule has 8 nitrogen and oxygen atoms in total. The van der Waals surface area contributed by atoms with Crippen molar-refractivity contribution in [1.29, 1.82) is 0 Å². The summed E-state index contributed by atoms with van der Waals surface area (Å²) in [4.78, 5) is 18.9. The number of ether oxygens (including phenoxy) is 3. The van der Waals surface area contributed by atoms with Crippen LogP contribution in [0.2, 0.25) is 5.02 Å². The molecule has 0 saturated carbocycles. The van der Waals surface area contributed by atoms with Crippen molar-refractivity contribution >= 4 is 23.1 Å². The van der Waals surface area contributed by atoms with Crippen LogP contribution in [0, 0.1) is 5.41 Å². The Bertz CT molecular complexity index is 1540. The number of esters is 1. The Labute approximate surface area is 270 Å². The normalized spacial score (nSPS) is 22.7. The predicted octanol–water partition coefficient (Wildman–Crippen LogP) is 5.86. The molecule has 0 spiro atoms. The summed E-state index contributed by atoms with van der Waals surface area (Å²) in [5.41, 5.74) is 2.49. The number of benzene rings is 2. The minimum atomic E-state index is -1.18. The van der Waals surface area contributed by atoms with E-state index < -0.39 is 22.6 Å². The zero-order chi connectivity index (χ0) is 32.2. The van der Waals surface area contributed by atoms with E-state index in [1.54, 1.807) is 39.1 Å². The van der Waals surface area contributed by atoms with Crippen molar-refractivity contribution in [3.63, 3.8) is 0 Å². The molecule has 2 aromatic carbocycles. The number of aromatic nitrogens is 1. The van der Waals surface area contributed by atoms with Crippen molar-refractivity contribution < 1.29 is 29.2 Å². The molecule has 3 aromatic rings. The van der Waals surface area contributed by atoms with Crippen molar-refractivity contribution in [2.24, 2.45) is 5.41 Å². The van der Waals surface area contributed by atoms with Crippen LogP contribution in [0.25, 0.3) is 5.57 Å². The smallest absolute Gasteiger partial charge is 0.332 e. The number of piperidine rings is 1. The SMILES string of the molecule is CCOC(=O)COCC1(C)CN(CC/C=C2/c3cc(C(C)(C)O)ccc3OCc3ncccc32)CCC1(O)c1ccc(Cl)cc1. The molecule has 0 aliphatic carbocycles. The minimum Gasteiger partial charge on any atom is -0.487 e. The molecule has 0 amide bonds. The van der Waals surface area contributed by atoms with Gasteiger partial charge in [-0.1, -0.05) is 48.9 Å². The van der Waals surface area contributed by atoms with Gasteiger partial charge in [0.2, 0.25) is 0 Å². The second kappa shape index (κ2) is 13.6. The lowest BCUT2D eigenvalue weighted by atomic mass is 9.65. The second-order valence-corrected chi connectivity index (χ2v) is 13.2. The van der Waals surface area contributed by atoms with Crippen LogP contribution < -0.4 is 4.74 Å². The number of fused-ring (bicyclic) bond motifs is 2. The van der Waals surface area contributed by atoms with Gasteiger partial charge in [-0.05, 0) is 80.6 Å². The fraction of sp³-hybridized carbons (Fsp3) is 0.444. The molecule has 0 radical (unpaired) electrons. The number of hydrogen-bond acceptors (Lipinski definition) is 8. The van der Waals surface area contributed by atoms with Gasteiger partial charge in [0.25, 0.3) is 0 Å². The molecule has 3 heterocycles. The number of halogens is 1. The topological polar surface area (TPSA) is 101 Å². The Morgan fingerprint density at radius 3 is 2.69 bits per heavy atom. The maximum Gasteiger partial charge on any atom is 0.332 e. The molecule has 1 saturated heterocycles. The lowest BCUT2D eigenvalue weighted by Crippen LogP contribution is -2.59. The van der Waals surface area contributed by atoms with Crippen LogP contribution in [-0.4, -0.2) is 65.5 Å². The van der Waals surface area contributed by atoms with Crippen molar-refractivity contribution in [1.82, 2.24) is 9.88 Å². The Kier molecular flexibility index (Phi) is 10.0. The van der Waals surface area contributed by atoms with Crippen LogP contribution in [0.4, 0.5) is 0 Å². The van der Waals surface area contributed by atoms with E-state index in [1.165, 1.54) is 0 Å². The third kappa shape index (κ3) is 7.26. The molecule has 2 unspecified atom stereocenters. The van der Waals surface area contributed by atoms with E-state index in [0.29, 0.717) is 31.1 Å². The minimum absolute atomic E-state index is 0.173. The molecule has 45 heavy (non-hydrogen) atoms. The number of carbonyl (C=O) groups is 1. The third-order valence-electron chi connectivity index (χ3n) is 8.94. The number of likely N-dealkylation sites (tertiary alicyclic amines) is 1. The van der Waals surface area contributed by atoms with Crippen molar-refractivity contribution in [2.75, 3.05) is 39.5 Å². The van der Waals surface area contributed by atoms with Crippen molar-refractivity contribution in [3.8, 4) is 5.75 Å². The van der Waals surface area contributed by atoms with E-state index in [-0.39, 0.29) is 19.8 Å². The highest BCUT2D eigenvalue weighted by atomic mass is 35.5. The largest absolute Gasteiger partial charge is 0.487 e. The molecular weight excluding hydrogens is 592 g/mol. The van der Waals surface area contributed by atoms with Gasteiger partial charge in [0.15, 0.2) is 0 Å². The summed E-state index contributed by atoms with van der Waals surface area (Å²) in [7, 11) is 0. The number of rotatable bonds is 10. The second-order valence-electron chi connectivity index (χ2n) is 12.7. The van der Waals surface area contributed by atoms with Gasteiger partial charge in [-0.25, -0.2) is 4.79 Å². The molecular formula is C36H43ClN2O6. The lowest BCUT2D eigenvalue weighted by Gasteiger charge is -2.52. The highest BCUT2D eigenvalue weighted by molar-refractivity contribution is 6.30. The lowest BCUT2D eigenvalue weighted by molar-refractivity contribution is -0.171. The third-order valence-corrected chi connectivity index (χ3v) is 9.20. The Balaban J connectivity index is 1.40. The summed E-state index contributed by atoms with van der Waals surface area (Å²) in [6, 6.07) is 17.1. The highest BCUT2D eigenvalue weighted by Gasteiger charge is 2.52. The zero-order valence-corrected chi connectivity index (χ0v) is 27.3. The van der Waals surface area contributed by atoms with E-state index in [9.17, 15) is 15.0 Å². The van der Waals surface area contributed by atoms with Gasteiger partial charge in [-0.2, -0.15) is 0 Å². The van der Waals surface area contributed by atoms with Gasteiger partial charge >= 0.3 is 5.97 Å². The molecule has 2 aliphatic rings. The molecule has 0 bridgehead atoms. The molecule has 5 rings (SSSR count). The van der Waals surface area contributed by atoms with Crippen LogP contribution in [0.5, 0.6) is 5.75 Å². The monoisotopic (exact) mass is 634 g/mol. The Morgan fingerprint density at radius 2 is 1.96 bits per heavy atom. The molecule has 1 fully saturated rings. The van der Waals surface area contributed by atoms with Gasteiger partial charge < -0.3 is 29.3 Å². The number of carbonyl (C=O) groups excluding carboxylic acids is 1. The molecule has 2 aliphatic heterocycles. The first-order valence-corrected chi connectivity index (χ1v) is 15.9. The Morgan fingerprint density at radius 1 is 1.18 bits per heavy atom. The Hall–Kier alpha value is -3.27. The summed E-state index contributed by atoms with van der Waals surface area (Å²) in [6.07, 6.45) is 5.22. The van der Waals surface area contributed by atoms with Crippen LogP contribution >= 0.6 is 11.6 Å². The fourth-order valence-corrected chi connectivity index (χ4v) is 6.54. The molecule has 240 valence electrons. The van der Waals surface area contributed by atoms with E-state index in [4.69, 9.17) is 25.8 Å².